The smallest absolute Gasteiger partial charge is 0.286 e. The van der Waals surface area contributed by atoms with E-state index in [0.29, 0.717) is 29.3 Å². The van der Waals surface area contributed by atoms with E-state index in [1.165, 1.54) is 11.8 Å². The number of ether oxygens (including phenoxy) is 1. The molecule has 0 saturated carbocycles. The van der Waals surface area contributed by atoms with Gasteiger partial charge in [-0.25, -0.2) is 0 Å². The van der Waals surface area contributed by atoms with E-state index in [0.717, 1.165) is 6.42 Å². The van der Waals surface area contributed by atoms with Crippen molar-refractivity contribution >= 4 is 23.3 Å². The molecule has 3 rings (SSSR count). The zero-order valence-electron chi connectivity index (χ0n) is 14.7. The van der Waals surface area contributed by atoms with Gasteiger partial charge in [-0.05, 0) is 43.7 Å². The number of furan rings is 1. The van der Waals surface area contributed by atoms with Crippen molar-refractivity contribution in [2.75, 3.05) is 18.1 Å². The quantitative estimate of drug-likeness (QED) is 0.804. The number of hydrogen-bond acceptors (Lipinski definition) is 5. The monoisotopic (exact) mass is 356 g/mol. The summed E-state index contributed by atoms with van der Waals surface area (Å²) in [5.74, 6) is 0.575. The summed E-state index contributed by atoms with van der Waals surface area (Å²) in [6.07, 6.45) is 0.830. The predicted octanol–water partition coefficient (Wildman–Crippen LogP) is 2.55. The number of Topliss-reactive ketones (excluding diaryl/α,β-unsaturated/α-hetero) is 1. The number of nitrogens with zero attached hydrogens (tertiary/aromatic N) is 1. The highest BCUT2D eigenvalue weighted by molar-refractivity contribution is 6.01. The fourth-order valence-corrected chi connectivity index (χ4v) is 2.66. The molecule has 2 aromatic rings. The summed E-state index contributed by atoms with van der Waals surface area (Å²) in [5, 5.41) is 2.74. The molecule has 26 heavy (non-hydrogen) atoms. The van der Waals surface area contributed by atoms with Gasteiger partial charge in [0.15, 0.2) is 18.2 Å². The number of carbonyl (C=O) groups excluding carboxylic acids is 3. The molecule has 1 aliphatic rings. The molecular formula is C19H20N2O5. The van der Waals surface area contributed by atoms with Gasteiger partial charge in [-0.2, -0.15) is 0 Å². The first-order valence-electron chi connectivity index (χ1n) is 8.44. The minimum absolute atomic E-state index is 0.0863. The largest absolute Gasteiger partial charge is 0.482 e. The van der Waals surface area contributed by atoms with E-state index in [2.05, 4.69) is 5.32 Å². The van der Waals surface area contributed by atoms with Crippen molar-refractivity contribution in [3.8, 4) is 5.75 Å². The molecule has 7 heteroatoms. The number of rotatable bonds is 6. The molecule has 2 heterocycles. The van der Waals surface area contributed by atoms with E-state index in [1.54, 1.807) is 30.3 Å². The topological polar surface area (TPSA) is 88.9 Å². The standard InChI is InChI=1S/C19H20N2O5/c1-3-8-20-19(24)17-7-5-14(26-17)10-21-15-9-13(12(2)22)4-6-16(15)25-11-18(21)23/h4-7,9H,3,8,10-11H2,1-2H3,(H,20,24). The van der Waals surface area contributed by atoms with Gasteiger partial charge >= 0.3 is 0 Å². The van der Waals surface area contributed by atoms with Crippen molar-refractivity contribution < 1.29 is 23.5 Å². The van der Waals surface area contributed by atoms with Crippen LogP contribution in [0.2, 0.25) is 0 Å². The Labute approximate surface area is 150 Å². The second-order valence-corrected chi connectivity index (χ2v) is 6.03. The average Bonchev–Trinajstić information content (AvgIpc) is 3.10. The van der Waals surface area contributed by atoms with Crippen molar-refractivity contribution in [2.45, 2.75) is 26.8 Å². The lowest BCUT2D eigenvalue weighted by Crippen LogP contribution is -2.38. The molecule has 0 atom stereocenters. The first-order valence-corrected chi connectivity index (χ1v) is 8.44. The van der Waals surface area contributed by atoms with Gasteiger partial charge in [0.05, 0.1) is 12.2 Å². The third-order valence-electron chi connectivity index (χ3n) is 4.04. The Morgan fingerprint density at radius 1 is 1.23 bits per heavy atom. The Bertz CT molecular complexity index is 855. The van der Waals surface area contributed by atoms with E-state index < -0.39 is 0 Å². The van der Waals surface area contributed by atoms with Crippen LogP contribution in [0.4, 0.5) is 5.69 Å². The van der Waals surface area contributed by atoms with Gasteiger partial charge in [-0.15, -0.1) is 0 Å². The van der Waals surface area contributed by atoms with Gasteiger partial charge < -0.3 is 14.5 Å². The van der Waals surface area contributed by atoms with Crippen LogP contribution >= 0.6 is 0 Å². The summed E-state index contributed by atoms with van der Waals surface area (Å²) >= 11 is 0. The molecule has 7 nitrogen and oxygen atoms in total. The molecular weight excluding hydrogens is 336 g/mol. The molecule has 1 N–H and O–H groups in total. The number of fused-ring (bicyclic) bond motifs is 1. The first-order chi connectivity index (χ1) is 12.5. The molecule has 1 aromatic carbocycles. The fraction of sp³-hybridized carbons (Fsp3) is 0.316. The van der Waals surface area contributed by atoms with E-state index >= 15 is 0 Å². The number of carbonyl (C=O) groups is 3. The Morgan fingerprint density at radius 3 is 2.77 bits per heavy atom. The van der Waals surface area contributed by atoms with Crippen molar-refractivity contribution in [1.82, 2.24) is 5.32 Å². The predicted molar refractivity (Wildman–Crippen MR) is 94.5 cm³/mol. The number of anilines is 1. The van der Waals surface area contributed by atoms with Crippen LogP contribution in [-0.2, 0) is 11.3 Å². The first kappa shape index (κ1) is 17.7. The number of nitrogens with one attached hydrogen (secondary N) is 1. The lowest BCUT2D eigenvalue weighted by molar-refractivity contribution is -0.121. The normalized spacial score (nSPS) is 13.2. The van der Waals surface area contributed by atoms with E-state index in [1.807, 2.05) is 6.92 Å². The minimum Gasteiger partial charge on any atom is -0.482 e. The molecule has 0 spiro atoms. The van der Waals surface area contributed by atoms with Gasteiger partial charge in [-0.1, -0.05) is 6.92 Å². The van der Waals surface area contributed by atoms with Gasteiger partial charge in [0, 0.05) is 12.1 Å². The third kappa shape index (κ3) is 3.61. The van der Waals surface area contributed by atoms with Crippen molar-refractivity contribution in [2.24, 2.45) is 0 Å². The summed E-state index contributed by atoms with van der Waals surface area (Å²) in [4.78, 5) is 37.4. The third-order valence-corrected chi connectivity index (χ3v) is 4.04. The molecule has 0 aliphatic carbocycles. The second kappa shape index (κ2) is 7.43. The summed E-state index contributed by atoms with van der Waals surface area (Å²) in [6.45, 7) is 4.06. The molecule has 1 aromatic heterocycles. The van der Waals surface area contributed by atoms with Gasteiger partial charge in [0.1, 0.15) is 11.5 Å². The molecule has 0 bridgehead atoms. The average molecular weight is 356 g/mol. The number of amides is 2. The van der Waals surface area contributed by atoms with Crippen LogP contribution in [0.15, 0.2) is 34.7 Å². The van der Waals surface area contributed by atoms with Crippen molar-refractivity contribution in [3.05, 3.63) is 47.4 Å². The Morgan fingerprint density at radius 2 is 2.04 bits per heavy atom. The Balaban J connectivity index is 1.83. The lowest BCUT2D eigenvalue weighted by atomic mass is 10.1. The van der Waals surface area contributed by atoms with Crippen LogP contribution in [0.1, 0.15) is 46.9 Å². The van der Waals surface area contributed by atoms with Crippen LogP contribution in [0, 0.1) is 0 Å². The van der Waals surface area contributed by atoms with E-state index in [-0.39, 0.29) is 36.5 Å². The molecule has 0 fully saturated rings. The molecule has 2 amide bonds. The second-order valence-electron chi connectivity index (χ2n) is 6.03. The van der Waals surface area contributed by atoms with Gasteiger partial charge in [0.2, 0.25) is 0 Å². The van der Waals surface area contributed by atoms with Gasteiger partial charge in [-0.3, -0.25) is 19.3 Å². The van der Waals surface area contributed by atoms with Crippen LogP contribution in [0.5, 0.6) is 5.75 Å². The molecule has 0 unspecified atom stereocenters. The summed E-state index contributed by atoms with van der Waals surface area (Å²) in [6, 6.07) is 8.22. The van der Waals surface area contributed by atoms with Crippen LogP contribution in [0.3, 0.4) is 0 Å². The van der Waals surface area contributed by atoms with Crippen LogP contribution in [-0.4, -0.2) is 30.7 Å². The Hall–Kier alpha value is -3.09. The van der Waals surface area contributed by atoms with Crippen LogP contribution < -0.4 is 15.0 Å². The zero-order valence-corrected chi connectivity index (χ0v) is 14.7. The number of ketones is 1. The highest BCUT2D eigenvalue weighted by atomic mass is 16.5. The lowest BCUT2D eigenvalue weighted by Gasteiger charge is -2.29. The number of hydrogen-bond donors (Lipinski definition) is 1. The minimum atomic E-state index is -0.286. The van der Waals surface area contributed by atoms with Crippen molar-refractivity contribution in [3.63, 3.8) is 0 Å². The maximum atomic E-state index is 12.3. The maximum Gasteiger partial charge on any atom is 0.286 e. The van der Waals surface area contributed by atoms with Gasteiger partial charge in [0.25, 0.3) is 11.8 Å². The summed E-state index contributed by atoms with van der Waals surface area (Å²) < 4.78 is 11.0. The Kier molecular flexibility index (Phi) is 5.06. The molecule has 136 valence electrons. The highest BCUT2D eigenvalue weighted by Gasteiger charge is 2.27. The molecule has 0 radical (unpaired) electrons. The van der Waals surface area contributed by atoms with E-state index in [9.17, 15) is 14.4 Å². The molecule has 0 saturated heterocycles. The molecule has 1 aliphatic heterocycles. The van der Waals surface area contributed by atoms with Crippen LogP contribution in [0.25, 0.3) is 0 Å². The summed E-state index contributed by atoms with van der Waals surface area (Å²) in [5.41, 5.74) is 1.01. The SMILES string of the molecule is CCCNC(=O)c1ccc(CN2C(=O)COc3ccc(C(C)=O)cc32)o1. The highest BCUT2D eigenvalue weighted by Crippen LogP contribution is 2.34. The van der Waals surface area contributed by atoms with E-state index in [4.69, 9.17) is 9.15 Å². The maximum absolute atomic E-state index is 12.3. The van der Waals surface area contributed by atoms with Crippen molar-refractivity contribution in [1.29, 1.82) is 0 Å². The number of benzene rings is 1. The summed E-state index contributed by atoms with van der Waals surface area (Å²) in [7, 11) is 0. The fourth-order valence-electron chi connectivity index (χ4n) is 2.66. The zero-order chi connectivity index (χ0) is 18.7.